The lowest BCUT2D eigenvalue weighted by molar-refractivity contribution is -0.175. The summed E-state index contributed by atoms with van der Waals surface area (Å²) in [4.78, 5) is 56.4. The molecule has 0 amide bonds. The first kappa shape index (κ1) is 66.3. The van der Waals surface area contributed by atoms with Crippen LogP contribution in [0.3, 0.4) is 0 Å². The Morgan fingerprint density at radius 1 is 0.614 bits per heavy atom. The predicted octanol–water partition coefficient (Wildman–Crippen LogP) is 11.0. The molecule has 6 aliphatic rings. The van der Waals surface area contributed by atoms with Crippen LogP contribution in [-0.2, 0) is 73.0 Å². The van der Waals surface area contributed by atoms with E-state index in [-0.39, 0.29) is 45.6 Å². The van der Waals surface area contributed by atoms with E-state index in [1.54, 1.807) is 90.1 Å². The maximum atomic E-state index is 13.1. The van der Waals surface area contributed by atoms with Gasteiger partial charge in [0.05, 0.1) is 63.9 Å². The number of hydrogen-bond acceptors (Lipinski definition) is 16. The van der Waals surface area contributed by atoms with Crippen molar-refractivity contribution in [2.24, 2.45) is 23.7 Å². The van der Waals surface area contributed by atoms with Crippen LogP contribution in [0.5, 0.6) is 11.5 Å². The number of esters is 4. The van der Waals surface area contributed by atoms with E-state index < -0.39 is 71.3 Å². The lowest BCUT2D eigenvalue weighted by Crippen LogP contribution is -2.49. The third-order valence-electron chi connectivity index (χ3n) is 18.9. The summed E-state index contributed by atoms with van der Waals surface area (Å²) in [7, 11) is 2.36. The van der Waals surface area contributed by atoms with Crippen molar-refractivity contribution in [3.05, 3.63) is 142 Å². The van der Waals surface area contributed by atoms with E-state index in [4.69, 9.17) is 51.6 Å². The minimum absolute atomic E-state index is 0.0934. The first-order valence-electron chi connectivity index (χ1n) is 30.9. The van der Waals surface area contributed by atoms with Crippen molar-refractivity contribution in [3.8, 4) is 11.5 Å². The minimum Gasteiger partial charge on any atom is -0.490 e. The van der Waals surface area contributed by atoms with Crippen LogP contribution in [0.25, 0.3) is 0 Å². The van der Waals surface area contributed by atoms with E-state index >= 15 is 0 Å². The minimum atomic E-state index is -2.27. The second-order valence-corrected chi connectivity index (χ2v) is 28.1. The molecule has 2 fully saturated rings. The third kappa shape index (κ3) is 14.1. The van der Waals surface area contributed by atoms with Gasteiger partial charge in [-0.15, -0.1) is 13.2 Å². The number of fused-ring (bicyclic) bond motifs is 6. The number of carbonyl (C=O) groups excluding carboxylic acids is 4. The number of halogens is 2. The van der Waals surface area contributed by atoms with Gasteiger partial charge in [-0.25, -0.2) is 9.59 Å². The molecule has 2 heterocycles. The maximum absolute atomic E-state index is 13.1. The zero-order valence-corrected chi connectivity index (χ0v) is 53.7. The van der Waals surface area contributed by atoms with Crippen molar-refractivity contribution in [3.63, 3.8) is 0 Å². The number of anilines is 2. The molecular formula is C70H88Cl2N2O14. The third-order valence-corrected chi connectivity index (χ3v) is 19.4. The molecule has 4 N–H and O–H groups in total. The fraction of sp³-hybridized carbons (Fsp3) is 0.543. The molecular weight excluding hydrogens is 1160 g/mol. The molecule has 18 heteroatoms. The van der Waals surface area contributed by atoms with Crippen molar-refractivity contribution < 1.29 is 68.0 Å². The molecule has 2 aliphatic heterocycles. The van der Waals surface area contributed by atoms with Crippen LogP contribution in [0.1, 0.15) is 139 Å². The highest BCUT2D eigenvalue weighted by Gasteiger charge is 2.50. The zero-order chi connectivity index (χ0) is 63.7. The van der Waals surface area contributed by atoms with Crippen LogP contribution < -0.4 is 19.3 Å². The van der Waals surface area contributed by atoms with Gasteiger partial charge in [-0.05, 0) is 211 Å². The first-order chi connectivity index (χ1) is 41.6. The van der Waals surface area contributed by atoms with Gasteiger partial charge in [0.1, 0.15) is 22.7 Å². The zero-order valence-electron chi connectivity index (χ0n) is 52.2. The highest BCUT2D eigenvalue weighted by Crippen LogP contribution is 2.50. The standard InChI is InChI=1S/2C35H44ClNO7/c2*1-6-29(38)26-12-9-23(26)19-37-20-34(15-7-8-22-16-25(36)11-13-27(22)34)21-43-30-14-10-24(17-28(30)37)35(41,32(40)42-5)18-31(39)44-33(2,3)4/h2*6,10-11,13-14,16-17,23,26,29,38,41H,1,7-9,12,15,18-21H2,2-5H3/t23-,26+,29-,34-,35+;23-,26+,29-,34-,35-/m00/s1. The predicted molar refractivity (Wildman–Crippen MR) is 338 cm³/mol. The molecule has 2 saturated carbocycles. The van der Waals surface area contributed by atoms with Gasteiger partial charge in [-0.3, -0.25) is 9.59 Å². The van der Waals surface area contributed by atoms with Crippen LogP contribution >= 0.6 is 23.2 Å². The Morgan fingerprint density at radius 3 is 1.33 bits per heavy atom. The number of ether oxygens (including phenoxy) is 6. The highest BCUT2D eigenvalue weighted by atomic mass is 35.5. The second-order valence-electron chi connectivity index (χ2n) is 27.3. The Hall–Kier alpha value is -6.14. The van der Waals surface area contributed by atoms with Crippen molar-refractivity contribution in [1.29, 1.82) is 0 Å². The monoisotopic (exact) mass is 1250 g/mol. The van der Waals surface area contributed by atoms with Gasteiger partial charge in [0.25, 0.3) is 0 Å². The number of nitrogens with zero attached hydrogens (tertiary/aromatic N) is 2. The average Bonchev–Trinajstić information content (AvgIpc) is 1.52. The summed E-state index contributed by atoms with van der Waals surface area (Å²) in [6, 6.07) is 22.4. The fourth-order valence-electron chi connectivity index (χ4n) is 14.3. The first-order valence-corrected chi connectivity index (χ1v) is 31.6. The number of aliphatic hydroxyl groups is 4. The summed E-state index contributed by atoms with van der Waals surface area (Å²) in [5.41, 5.74) is -0.0226. The SMILES string of the molecule is C=C[C@H](O)[C@@H]1CC[C@H]1CN1C[C@@]2(CCCc3cc(Cl)ccc32)COc2ccc([C@@](O)(CC(=O)OC(C)(C)C)C(=O)OC)cc21.C=C[C@H](O)[C@@H]1CC[C@H]1CN1C[C@@]2(CCCc3cc(Cl)ccc32)COc2ccc([C@](O)(CC(=O)OC(C)(C)C)C(=O)OC)cc21. The van der Waals surface area contributed by atoms with Gasteiger partial charge in [-0.2, -0.15) is 0 Å². The Kier molecular flexibility index (Phi) is 19.9. The number of aryl methyl sites for hydroxylation is 2. The van der Waals surface area contributed by atoms with Gasteiger partial charge < -0.3 is 58.6 Å². The number of rotatable bonds is 16. The normalized spacial score (nSPS) is 24.8. The van der Waals surface area contributed by atoms with Crippen molar-refractivity contribution >= 4 is 58.5 Å². The number of methoxy groups -OCH3 is 2. The fourth-order valence-corrected chi connectivity index (χ4v) is 14.7. The van der Waals surface area contributed by atoms with Gasteiger partial charge in [0.2, 0.25) is 0 Å². The quantitative estimate of drug-likeness (QED) is 0.0467. The summed E-state index contributed by atoms with van der Waals surface area (Å²) >= 11 is 12.8. The Bertz CT molecular complexity index is 3050. The van der Waals surface area contributed by atoms with Crippen LogP contribution in [0, 0.1) is 23.7 Å². The van der Waals surface area contributed by atoms with Gasteiger partial charge in [0.15, 0.2) is 11.2 Å². The molecule has 88 heavy (non-hydrogen) atoms. The van der Waals surface area contributed by atoms with E-state index in [0.29, 0.717) is 72.3 Å². The number of benzene rings is 4. The van der Waals surface area contributed by atoms with Crippen LogP contribution in [0.2, 0.25) is 10.0 Å². The molecule has 476 valence electrons. The van der Waals surface area contributed by atoms with Gasteiger partial charge in [0, 0.05) is 47.1 Å². The van der Waals surface area contributed by atoms with Crippen LogP contribution in [0.4, 0.5) is 11.4 Å². The van der Waals surface area contributed by atoms with Crippen LogP contribution in [-0.4, -0.2) is 121 Å². The van der Waals surface area contributed by atoms with Crippen molar-refractivity contribution in [2.75, 3.05) is 63.4 Å². The Morgan fingerprint density at radius 2 is 1.00 bits per heavy atom. The molecule has 0 saturated heterocycles. The van der Waals surface area contributed by atoms with Gasteiger partial charge >= 0.3 is 23.9 Å². The summed E-state index contributed by atoms with van der Waals surface area (Å²) in [5, 5.41) is 46.2. The lowest BCUT2D eigenvalue weighted by atomic mass is 9.68. The lowest BCUT2D eigenvalue weighted by Gasteiger charge is -2.45. The smallest absolute Gasteiger partial charge is 0.343 e. The summed E-state index contributed by atoms with van der Waals surface area (Å²) in [6.45, 7) is 21.4. The van der Waals surface area contributed by atoms with E-state index in [9.17, 15) is 39.6 Å². The Balaban J connectivity index is 0.000000209. The molecule has 0 radical (unpaired) electrons. The number of aliphatic hydroxyl groups excluding tert-OH is 2. The topological polar surface area (TPSA) is 211 Å². The molecule has 10 atom stereocenters. The molecule has 4 aromatic rings. The average molecular weight is 1250 g/mol. The molecule has 16 nitrogen and oxygen atoms in total. The summed E-state index contributed by atoms with van der Waals surface area (Å²) in [5.74, 6) is -1.49. The molecule has 4 aromatic carbocycles. The summed E-state index contributed by atoms with van der Waals surface area (Å²) in [6.07, 6.45) is 10.3. The summed E-state index contributed by atoms with van der Waals surface area (Å²) < 4.78 is 34.0. The van der Waals surface area contributed by atoms with Crippen molar-refractivity contribution in [1.82, 2.24) is 0 Å². The second kappa shape index (κ2) is 26.4. The molecule has 4 aliphatic carbocycles. The van der Waals surface area contributed by atoms with E-state index in [2.05, 4.69) is 35.1 Å². The molecule has 10 rings (SSSR count). The van der Waals surface area contributed by atoms with E-state index in [1.807, 2.05) is 24.3 Å². The molecule has 0 bridgehead atoms. The maximum Gasteiger partial charge on any atom is 0.343 e. The van der Waals surface area contributed by atoms with Crippen LogP contribution in [0.15, 0.2) is 98.1 Å². The largest absolute Gasteiger partial charge is 0.490 e. The number of hydrogen-bond donors (Lipinski definition) is 4. The van der Waals surface area contributed by atoms with Crippen molar-refractivity contribution in [2.45, 2.75) is 164 Å². The molecule has 0 unspecified atom stereocenters. The highest BCUT2D eigenvalue weighted by molar-refractivity contribution is 6.31. The van der Waals surface area contributed by atoms with E-state index in [0.717, 1.165) is 64.2 Å². The number of carbonyl (C=O) groups is 4. The molecule has 0 aromatic heterocycles. The van der Waals surface area contributed by atoms with Gasteiger partial charge in [-0.1, -0.05) is 59.6 Å². The Labute approximate surface area is 528 Å². The molecule has 2 spiro atoms. The van der Waals surface area contributed by atoms with E-state index in [1.165, 1.54) is 36.5 Å².